The maximum atomic E-state index is 5.71. The average Bonchev–Trinajstić information content (AvgIpc) is 2.40. The molecule has 1 aromatic carbocycles. The van der Waals surface area contributed by atoms with Crippen LogP contribution in [-0.4, -0.2) is 37.2 Å². The summed E-state index contributed by atoms with van der Waals surface area (Å²) in [6, 6.07) is 9.04. The van der Waals surface area contributed by atoms with E-state index in [1.54, 1.807) is 0 Å². The molecule has 2 unspecified atom stereocenters. The fourth-order valence-electron chi connectivity index (χ4n) is 2.59. The Kier molecular flexibility index (Phi) is 5.18. The minimum absolute atomic E-state index is 0.181. The van der Waals surface area contributed by atoms with Gasteiger partial charge < -0.3 is 10.5 Å². The number of nitrogens with zero attached hydrogens (tertiary/aromatic N) is 1. The van der Waals surface area contributed by atoms with Crippen molar-refractivity contribution in [1.29, 1.82) is 0 Å². The summed E-state index contributed by atoms with van der Waals surface area (Å²) < 4.78 is 6.78. The number of nitrogens with two attached hydrogens (primary N) is 1. The fraction of sp³-hybridized carbons (Fsp3) is 0.571. The van der Waals surface area contributed by atoms with E-state index in [1.165, 1.54) is 5.56 Å². The van der Waals surface area contributed by atoms with Gasteiger partial charge in [-0.15, -0.1) is 0 Å². The molecule has 0 spiro atoms. The first kappa shape index (κ1) is 14.0. The molecule has 0 aromatic heterocycles. The van der Waals surface area contributed by atoms with Crippen molar-refractivity contribution in [3.8, 4) is 0 Å². The van der Waals surface area contributed by atoms with Gasteiger partial charge >= 0.3 is 0 Å². The van der Waals surface area contributed by atoms with E-state index < -0.39 is 0 Å². The minimum atomic E-state index is 0.181. The summed E-state index contributed by atoms with van der Waals surface area (Å²) in [5, 5.41) is 0. The second-order valence-corrected chi connectivity index (χ2v) is 5.62. The van der Waals surface area contributed by atoms with Crippen LogP contribution >= 0.6 is 15.9 Å². The SMILES string of the molecule is CCC(c1cccc(Br)c1)N1CCOC(CN)C1. The molecule has 2 atom stereocenters. The number of ether oxygens (including phenoxy) is 1. The maximum Gasteiger partial charge on any atom is 0.0824 e. The molecule has 0 aliphatic carbocycles. The zero-order valence-corrected chi connectivity index (χ0v) is 12.4. The van der Waals surface area contributed by atoms with Gasteiger partial charge in [0.05, 0.1) is 12.7 Å². The maximum absolute atomic E-state index is 5.71. The van der Waals surface area contributed by atoms with Gasteiger partial charge in [-0.3, -0.25) is 4.90 Å². The molecule has 1 heterocycles. The van der Waals surface area contributed by atoms with Gasteiger partial charge in [0.25, 0.3) is 0 Å². The molecule has 1 aromatic rings. The van der Waals surface area contributed by atoms with Gasteiger partial charge in [-0.1, -0.05) is 35.0 Å². The predicted octanol–water partition coefficient (Wildman–Crippen LogP) is 2.56. The van der Waals surface area contributed by atoms with Gasteiger partial charge in [0.2, 0.25) is 0 Å². The molecule has 0 amide bonds. The van der Waals surface area contributed by atoms with E-state index in [4.69, 9.17) is 10.5 Å². The lowest BCUT2D eigenvalue weighted by Crippen LogP contribution is -2.46. The van der Waals surface area contributed by atoms with Gasteiger partial charge in [-0.2, -0.15) is 0 Å². The van der Waals surface area contributed by atoms with Crippen molar-refractivity contribution in [3.63, 3.8) is 0 Å². The van der Waals surface area contributed by atoms with E-state index >= 15 is 0 Å². The molecule has 0 bridgehead atoms. The molecule has 0 radical (unpaired) electrons. The van der Waals surface area contributed by atoms with Crippen molar-refractivity contribution in [2.24, 2.45) is 5.73 Å². The summed E-state index contributed by atoms with van der Waals surface area (Å²) in [4.78, 5) is 2.49. The minimum Gasteiger partial charge on any atom is -0.374 e. The molecular weight excluding hydrogens is 292 g/mol. The van der Waals surface area contributed by atoms with E-state index in [-0.39, 0.29) is 6.10 Å². The van der Waals surface area contributed by atoms with Crippen LogP contribution in [0, 0.1) is 0 Å². The Bertz CT molecular complexity index is 386. The van der Waals surface area contributed by atoms with Crippen LogP contribution in [0.2, 0.25) is 0 Å². The standard InChI is InChI=1S/C14H21BrN2O/c1-2-14(11-4-3-5-12(15)8-11)17-6-7-18-13(9-16)10-17/h3-5,8,13-14H,2,6-7,9-10,16H2,1H3. The van der Waals surface area contributed by atoms with E-state index in [0.717, 1.165) is 30.6 Å². The molecule has 2 N–H and O–H groups in total. The Hall–Kier alpha value is -0.420. The van der Waals surface area contributed by atoms with Gasteiger partial charge in [-0.25, -0.2) is 0 Å². The highest BCUT2D eigenvalue weighted by Crippen LogP contribution is 2.27. The molecule has 0 saturated carbocycles. The Morgan fingerprint density at radius 1 is 1.56 bits per heavy atom. The number of rotatable bonds is 4. The Morgan fingerprint density at radius 3 is 3.06 bits per heavy atom. The summed E-state index contributed by atoms with van der Waals surface area (Å²) in [7, 11) is 0. The molecule has 4 heteroatoms. The Labute approximate surface area is 117 Å². The zero-order valence-electron chi connectivity index (χ0n) is 10.8. The smallest absolute Gasteiger partial charge is 0.0824 e. The first-order chi connectivity index (χ1) is 8.74. The molecule has 1 fully saturated rings. The van der Waals surface area contributed by atoms with E-state index in [9.17, 15) is 0 Å². The van der Waals surface area contributed by atoms with Crippen molar-refractivity contribution in [2.75, 3.05) is 26.2 Å². The van der Waals surface area contributed by atoms with Crippen LogP contribution in [0.4, 0.5) is 0 Å². The topological polar surface area (TPSA) is 38.5 Å². The van der Waals surface area contributed by atoms with Crippen LogP contribution in [0.1, 0.15) is 24.9 Å². The summed E-state index contributed by atoms with van der Waals surface area (Å²) in [6.45, 7) is 5.54. The quantitative estimate of drug-likeness (QED) is 0.928. The van der Waals surface area contributed by atoms with Crippen LogP contribution < -0.4 is 5.73 Å². The first-order valence-electron chi connectivity index (χ1n) is 6.55. The van der Waals surface area contributed by atoms with Crippen molar-refractivity contribution in [1.82, 2.24) is 4.90 Å². The number of benzene rings is 1. The molecule has 1 aliphatic rings. The number of morpholine rings is 1. The van der Waals surface area contributed by atoms with Crippen LogP contribution in [0.3, 0.4) is 0 Å². The molecule has 1 aliphatic heterocycles. The lowest BCUT2D eigenvalue weighted by Gasteiger charge is -2.38. The monoisotopic (exact) mass is 312 g/mol. The van der Waals surface area contributed by atoms with E-state index in [1.807, 2.05) is 0 Å². The summed E-state index contributed by atoms with van der Waals surface area (Å²) in [5.74, 6) is 0. The normalized spacial score (nSPS) is 22.9. The summed E-state index contributed by atoms with van der Waals surface area (Å²) in [6.07, 6.45) is 1.29. The van der Waals surface area contributed by atoms with Gasteiger partial charge in [0, 0.05) is 30.1 Å². The lowest BCUT2D eigenvalue weighted by molar-refractivity contribution is -0.0396. The molecular formula is C14H21BrN2O. The molecule has 100 valence electrons. The second-order valence-electron chi connectivity index (χ2n) is 4.70. The van der Waals surface area contributed by atoms with Crippen molar-refractivity contribution >= 4 is 15.9 Å². The Morgan fingerprint density at radius 2 is 2.39 bits per heavy atom. The highest BCUT2D eigenvalue weighted by Gasteiger charge is 2.25. The van der Waals surface area contributed by atoms with Crippen molar-refractivity contribution < 1.29 is 4.74 Å². The third kappa shape index (κ3) is 3.32. The largest absolute Gasteiger partial charge is 0.374 e. The lowest BCUT2D eigenvalue weighted by atomic mass is 10.0. The highest BCUT2D eigenvalue weighted by molar-refractivity contribution is 9.10. The number of hydrogen-bond donors (Lipinski definition) is 1. The van der Waals surface area contributed by atoms with Gasteiger partial charge in [0.1, 0.15) is 0 Å². The average molecular weight is 313 g/mol. The number of hydrogen-bond acceptors (Lipinski definition) is 3. The molecule has 2 rings (SSSR count). The van der Waals surface area contributed by atoms with Crippen LogP contribution in [0.25, 0.3) is 0 Å². The van der Waals surface area contributed by atoms with Crippen molar-refractivity contribution in [3.05, 3.63) is 34.3 Å². The molecule has 3 nitrogen and oxygen atoms in total. The van der Waals surface area contributed by atoms with Gasteiger partial charge in [0.15, 0.2) is 0 Å². The van der Waals surface area contributed by atoms with Crippen LogP contribution in [0.15, 0.2) is 28.7 Å². The zero-order chi connectivity index (χ0) is 13.0. The highest BCUT2D eigenvalue weighted by atomic mass is 79.9. The molecule has 18 heavy (non-hydrogen) atoms. The Balaban J connectivity index is 2.12. The third-order valence-electron chi connectivity index (χ3n) is 3.49. The second kappa shape index (κ2) is 6.66. The van der Waals surface area contributed by atoms with Crippen molar-refractivity contribution in [2.45, 2.75) is 25.5 Å². The summed E-state index contributed by atoms with van der Waals surface area (Å²) >= 11 is 3.55. The van der Waals surface area contributed by atoms with Crippen LogP contribution in [-0.2, 0) is 4.74 Å². The van der Waals surface area contributed by atoms with Crippen LogP contribution in [0.5, 0.6) is 0 Å². The third-order valence-corrected chi connectivity index (χ3v) is 3.99. The molecule has 1 saturated heterocycles. The van der Waals surface area contributed by atoms with E-state index in [0.29, 0.717) is 12.6 Å². The predicted molar refractivity (Wildman–Crippen MR) is 77.5 cm³/mol. The number of halogens is 1. The first-order valence-corrected chi connectivity index (χ1v) is 7.35. The fourth-order valence-corrected chi connectivity index (χ4v) is 3.00. The van der Waals surface area contributed by atoms with Gasteiger partial charge in [-0.05, 0) is 24.1 Å². The van der Waals surface area contributed by atoms with E-state index in [2.05, 4.69) is 52.0 Å². The summed E-state index contributed by atoms with van der Waals surface area (Å²) in [5.41, 5.74) is 7.08.